The van der Waals surface area contributed by atoms with Crippen molar-refractivity contribution in [1.82, 2.24) is 0 Å². The van der Waals surface area contributed by atoms with E-state index in [0.29, 0.717) is 17.9 Å². The van der Waals surface area contributed by atoms with Gasteiger partial charge in [0.2, 0.25) is 0 Å². The molecule has 3 nitrogen and oxygen atoms in total. The van der Waals surface area contributed by atoms with Crippen LogP contribution in [0.1, 0.15) is 30.1 Å². The van der Waals surface area contributed by atoms with Gasteiger partial charge >= 0.3 is 5.97 Å². The molecule has 2 N–H and O–H groups in total. The molecule has 0 saturated carbocycles. The Morgan fingerprint density at radius 3 is 2.40 bits per heavy atom. The second kappa shape index (κ2) is 6.75. The third-order valence-corrected chi connectivity index (χ3v) is 3.13. The van der Waals surface area contributed by atoms with Crippen molar-refractivity contribution in [1.29, 1.82) is 0 Å². The van der Waals surface area contributed by atoms with Gasteiger partial charge in [0, 0.05) is 11.3 Å². The van der Waals surface area contributed by atoms with E-state index in [9.17, 15) is 4.79 Å². The van der Waals surface area contributed by atoms with Crippen LogP contribution in [0.5, 0.6) is 0 Å². The number of benzene rings is 2. The molecular weight excluding hydrogens is 250 g/mol. The minimum absolute atomic E-state index is 0.294. The van der Waals surface area contributed by atoms with Crippen molar-refractivity contribution >= 4 is 11.7 Å². The Bertz CT molecular complexity index is 593. The number of hydrogen-bond donors (Lipinski definition) is 1. The van der Waals surface area contributed by atoms with E-state index in [4.69, 9.17) is 10.5 Å². The molecule has 3 heteroatoms. The average Bonchev–Trinajstić information content (AvgIpc) is 2.48. The lowest BCUT2D eigenvalue weighted by Gasteiger charge is -2.11. The van der Waals surface area contributed by atoms with Crippen LogP contribution in [0.4, 0.5) is 5.69 Å². The highest BCUT2D eigenvalue weighted by molar-refractivity contribution is 5.98. The standard InChI is InChI=1S/C17H19NO2/c1-2-3-12-20-17(19)15-10-5-4-8-13(15)14-9-6-7-11-16(14)18/h4-11H,2-3,12,18H2,1H3. The molecule has 0 saturated heterocycles. The topological polar surface area (TPSA) is 52.3 Å². The van der Waals surface area contributed by atoms with Gasteiger partial charge in [-0.2, -0.15) is 0 Å². The maximum atomic E-state index is 12.2. The number of anilines is 1. The summed E-state index contributed by atoms with van der Waals surface area (Å²) in [6.07, 6.45) is 1.88. The van der Waals surface area contributed by atoms with Crippen molar-refractivity contribution < 1.29 is 9.53 Å². The molecule has 0 aliphatic rings. The Morgan fingerprint density at radius 1 is 1.05 bits per heavy atom. The first-order valence-electron chi connectivity index (χ1n) is 6.85. The first-order valence-corrected chi connectivity index (χ1v) is 6.85. The summed E-state index contributed by atoms with van der Waals surface area (Å²) in [4.78, 5) is 12.2. The summed E-state index contributed by atoms with van der Waals surface area (Å²) in [7, 11) is 0. The van der Waals surface area contributed by atoms with Crippen LogP contribution >= 0.6 is 0 Å². The fraction of sp³-hybridized carbons (Fsp3) is 0.235. The Morgan fingerprint density at radius 2 is 1.70 bits per heavy atom. The van der Waals surface area contributed by atoms with Crippen LogP contribution in [0.3, 0.4) is 0 Å². The average molecular weight is 269 g/mol. The van der Waals surface area contributed by atoms with Crippen LogP contribution in [0.15, 0.2) is 48.5 Å². The molecule has 2 aromatic rings. The zero-order valence-corrected chi connectivity index (χ0v) is 11.6. The predicted molar refractivity (Wildman–Crippen MR) is 81.5 cm³/mol. The van der Waals surface area contributed by atoms with Crippen molar-refractivity contribution in [3.05, 3.63) is 54.1 Å². The molecule has 0 amide bonds. The second-order valence-corrected chi connectivity index (χ2v) is 4.62. The summed E-state index contributed by atoms with van der Waals surface area (Å²) in [6, 6.07) is 14.9. The fourth-order valence-electron chi connectivity index (χ4n) is 2.03. The molecule has 2 aromatic carbocycles. The number of hydrogen-bond acceptors (Lipinski definition) is 3. The van der Waals surface area contributed by atoms with E-state index in [-0.39, 0.29) is 5.97 Å². The van der Waals surface area contributed by atoms with Crippen LogP contribution in [-0.4, -0.2) is 12.6 Å². The fourth-order valence-corrected chi connectivity index (χ4v) is 2.03. The van der Waals surface area contributed by atoms with Crippen molar-refractivity contribution in [3.8, 4) is 11.1 Å². The Labute approximate surface area is 119 Å². The zero-order valence-electron chi connectivity index (χ0n) is 11.6. The number of para-hydroxylation sites is 1. The number of ether oxygens (including phenoxy) is 1. The smallest absolute Gasteiger partial charge is 0.338 e. The predicted octanol–water partition coefficient (Wildman–Crippen LogP) is 3.89. The number of carbonyl (C=O) groups is 1. The molecule has 20 heavy (non-hydrogen) atoms. The molecule has 0 bridgehead atoms. The quantitative estimate of drug-likeness (QED) is 0.509. The maximum absolute atomic E-state index is 12.2. The summed E-state index contributed by atoms with van der Waals surface area (Å²) in [5.74, 6) is -0.294. The molecule has 0 aliphatic heterocycles. The molecule has 0 aliphatic carbocycles. The minimum Gasteiger partial charge on any atom is -0.462 e. The molecule has 2 rings (SSSR count). The van der Waals surface area contributed by atoms with E-state index in [1.807, 2.05) is 42.5 Å². The van der Waals surface area contributed by atoms with E-state index in [1.54, 1.807) is 6.07 Å². The van der Waals surface area contributed by atoms with Gasteiger partial charge < -0.3 is 10.5 Å². The monoisotopic (exact) mass is 269 g/mol. The third-order valence-electron chi connectivity index (χ3n) is 3.13. The van der Waals surface area contributed by atoms with Crippen LogP contribution < -0.4 is 5.73 Å². The largest absolute Gasteiger partial charge is 0.462 e. The lowest BCUT2D eigenvalue weighted by atomic mass is 9.98. The summed E-state index contributed by atoms with van der Waals surface area (Å²) in [5.41, 5.74) is 8.87. The van der Waals surface area contributed by atoms with Gasteiger partial charge in [0.05, 0.1) is 12.2 Å². The van der Waals surface area contributed by atoms with E-state index in [2.05, 4.69) is 6.92 Å². The molecule has 0 spiro atoms. The molecular formula is C17H19NO2. The summed E-state index contributed by atoms with van der Waals surface area (Å²) >= 11 is 0. The van der Waals surface area contributed by atoms with Gasteiger partial charge in [0.25, 0.3) is 0 Å². The Balaban J connectivity index is 2.31. The third kappa shape index (κ3) is 3.18. The van der Waals surface area contributed by atoms with Crippen molar-refractivity contribution in [3.63, 3.8) is 0 Å². The van der Waals surface area contributed by atoms with Gasteiger partial charge in [-0.15, -0.1) is 0 Å². The maximum Gasteiger partial charge on any atom is 0.338 e. The number of unbranched alkanes of at least 4 members (excludes halogenated alkanes) is 1. The van der Waals surface area contributed by atoms with E-state index >= 15 is 0 Å². The van der Waals surface area contributed by atoms with Crippen LogP contribution in [0, 0.1) is 0 Å². The molecule has 0 radical (unpaired) electrons. The van der Waals surface area contributed by atoms with Crippen LogP contribution in [0.25, 0.3) is 11.1 Å². The second-order valence-electron chi connectivity index (χ2n) is 4.62. The SMILES string of the molecule is CCCCOC(=O)c1ccccc1-c1ccccc1N. The van der Waals surface area contributed by atoms with Crippen LogP contribution in [0.2, 0.25) is 0 Å². The van der Waals surface area contributed by atoms with Gasteiger partial charge in [0.1, 0.15) is 0 Å². The van der Waals surface area contributed by atoms with Gasteiger partial charge in [0.15, 0.2) is 0 Å². The highest BCUT2D eigenvalue weighted by Crippen LogP contribution is 2.29. The number of nitrogens with two attached hydrogens (primary N) is 1. The zero-order chi connectivity index (χ0) is 14.4. The first-order chi connectivity index (χ1) is 9.74. The molecule has 0 atom stereocenters. The summed E-state index contributed by atoms with van der Waals surface area (Å²) in [6.45, 7) is 2.51. The minimum atomic E-state index is -0.294. The van der Waals surface area contributed by atoms with Crippen molar-refractivity contribution in [2.45, 2.75) is 19.8 Å². The van der Waals surface area contributed by atoms with Gasteiger partial charge in [-0.05, 0) is 24.1 Å². The van der Waals surface area contributed by atoms with Crippen molar-refractivity contribution in [2.75, 3.05) is 12.3 Å². The molecule has 0 unspecified atom stereocenters. The molecule has 0 aromatic heterocycles. The van der Waals surface area contributed by atoms with Gasteiger partial charge in [-0.3, -0.25) is 0 Å². The van der Waals surface area contributed by atoms with Crippen molar-refractivity contribution in [2.24, 2.45) is 0 Å². The first kappa shape index (κ1) is 14.1. The van der Waals surface area contributed by atoms with E-state index < -0.39 is 0 Å². The summed E-state index contributed by atoms with van der Waals surface area (Å²) < 4.78 is 5.29. The lowest BCUT2D eigenvalue weighted by Crippen LogP contribution is -2.08. The van der Waals surface area contributed by atoms with Gasteiger partial charge in [-0.1, -0.05) is 49.7 Å². The number of rotatable bonds is 5. The number of nitrogen functional groups attached to an aromatic ring is 1. The Kier molecular flexibility index (Phi) is 4.77. The normalized spacial score (nSPS) is 10.2. The highest BCUT2D eigenvalue weighted by Gasteiger charge is 2.14. The molecule has 0 fully saturated rings. The summed E-state index contributed by atoms with van der Waals surface area (Å²) in [5, 5.41) is 0. The van der Waals surface area contributed by atoms with E-state index in [0.717, 1.165) is 24.0 Å². The lowest BCUT2D eigenvalue weighted by molar-refractivity contribution is 0.0500. The van der Waals surface area contributed by atoms with Gasteiger partial charge in [-0.25, -0.2) is 4.79 Å². The number of carbonyl (C=O) groups excluding carboxylic acids is 1. The Hall–Kier alpha value is -2.29. The number of esters is 1. The highest BCUT2D eigenvalue weighted by atomic mass is 16.5. The van der Waals surface area contributed by atoms with Crippen LogP contribution in [-0.2, 0) is 4.74 Å². The van der Waals surface area contributed by atoms with E-state index in [1.165, 1.54) is 0 Å². The molecule has 104 valence electrons. The molecule has 0 heterocycles.